The van der Waals surface area contributed by atoms with Crippen molar-refractivity contribution < 1.29 is 9.32 Å². The van der Waals surface area contributed by atoms with Crippen LogP contribution >= 0.6 is 0 Å². The van der Waals surface area contributed by atoms with Crippen LogP contribution in [0.2, 0.25) is 0 Å². The molecule has 0 unspecified atom stereocenters. The Kier molecular flexibility index (Phi) is 6.60. The number of hydrogen-bond acceptors (Lipinski definition) is 5. The minimum Gasteiger partial charge on any atom is -0.343 e. The summed E-state index contributed by atoms with van der Waals surface area (Å²) in [6.07, 6.45) is 6.89. The van der Waals surface area contributed by atoms with Gasteiger partial charge in [-0.25, -0.2) is 0 Å². The Morgan fingerprint density at radius 1 is 1.14 bits per heavy atom. The van der Waals surface area contributed by atoms with Crippen molar-refractivity contribution in [3.05, 3.63) is 35.7 Å². The number of hydrogen-bond donors (Lipinski definition) is 1. The number of rotatable bonds is 6. The number of aromatic nitrogens is 2. The summed E-state index contributed by atoms with van der Waals surface area (Å²) in [6, 6.07) is 8.02. The Hall–Kier alpha value is -2.21. The molecule has 1 amide bonds. The Bertz CT molecular complexity index is 805. The molecule has 0 atom stereocenters. The van der Waals surface area contributed by atoms with Crippen molar-refractivity contribution in [1.82, 2.24) is 20.4 Å². The molecule has 6 heteroatoms. The van der Waals surface area contributed by atoms with Crippen LogP contribution in [0.4, 0.5) is 0 Å². The molecule has 1 aromatic heterocycles. The number of carbonyl (C=O) groups excluding carboxylic acids is 1. The Morgan fingerprint density at radius 2 is 1.86 bits per heavy atom. The molecule has 29 heavy (non-hydrogen) atoms. The highest BCUT2D eigenvalue weighted by atomic mass is 16.5. The summed E-state index contributed by atoms with van der Waals surface area (Å²) in [5.74, 6) is 3.17. The number of aryl methyl sites for hydroxylation is 2. The first kappa shape index (κ1) is 20.1. The van der Waals surface area contributed by atoms with Gasteiger partial charge in [-0.1, -0.05) is 29.4 Å². The summed E-state index contributed by atoms with van der Waals surface area (Å²) in [6.45, 7) is 6.20. The summed E-state index contributed by atoms with van der Waals surface area (Å²) < 4.78 is 5.39. The quantitative estimate of drug-likeness (QED) is 0.808. The summed E-state index contributed by atoms with van der Waals surface area (Å²) in [5.41, 5.74) is 2.12. The van der Waals surface area contributed by atoms with E-state index in [2.05, 4.69) is 20.4 Å². The van der Waals surface area contributed by atoms with Crippen molar-refractivity contribution in [2.45, 2.75) is 51.9 Å². The molecule has 1 aromatic carbocycles. The largest absolute Gasteiger partial charge is 0.343 e. The number of nitrogens with one attached hydrogen (secondary N) is 1. The normalized spacial score (nSPS) is 18.9. The third-order valence-corrected chi connectivity index (χ3v) is 6.58. The third kappa shape index (κ3) is 5.04. The average Bonchev–Trinajstić information content (AvgIpc) is 3.23. The number of benzene rings is 1. The van der Waals surface area contributed by atoms with Gasteiger partial charge in [0, 0.05) is 31.5 Å². The smallest absolute Gasteiger partial charge is 0.226 e. The van der Waals surface area contributed by atoms with Crippen molar-refractivity contribution in [2.24, 2.45) is 11.8 Å². The van der Waals surface area contributed by atoms with Gasteiger partial charge in [-0.2, -0.15) is 4.98 Å². The van der Waals surface area contributed by atoms with E-state index in [0.717, 1.165) is 55.6 Å². The summed E-state index contributed by atoms with van der Waals surface area (Å²) in [4.78, 5) is 19.2. The molecule has 156 valence electrons. The van der Waals surface area contributed by atoms with Gasteiger partial charge in [0.1, 0.15) is 0 Å². The lowest BCUT2D eigenvalue weighted by Gasteiger charge is -2.37. The molecular weight excluding hydrogens is 364 g/mol. The van der Waals surface area contributed by atoms with E-state index in [0.29, 0.717) is 24.6 Å². The molecule has 6 nitrogen and oxygen atoms in total. The summed E-state index contributed by atoms with van der Waals surface area (Å²) in [7, 11) is 0. The fraction of sp³-hybridized carbons (Fsp3) is 0.609. The minimum absolute atomic E-state index is 0.271. The van der Waals surface area contributed by atoms with Crippen LogP contribution in [0.5, 0.6) is 0 Å². The van der Waals surface area contributed by atoms with E-state index in [1.165, 1.54) is 25.7 Å². The molecule has 0 bridgehead atoms. The van der Waals surface area contributed by atoms with E-state index in [1.807, 2.05) is 31.2 Å². The molecule has 2 saturated heterocycles. The number of carbonyl (C=O) groups is 1. The van der Waals surface area contributed by atoms with Crippen LogP contribution in [0.15, 0.2) is 28.8 Å². The van der Waals surface area contributed by atoms with E-state index in [1.54, 1.807) is 0 Å². The maximum Gasteiger partial charge on any atom is 0.226 e. The van der Waals surface area contributed by atoms with Crippen molar-refractivity contribution in [3.63, 3.8) is 0 Å². The lowest BCUT2D eigenvalue weighted by molar-refractivity contribution is -0.133. The van der Waals surface area contributed by atoms with Gasteiger partial charge in [0.15, 0.2) is 0 Å². The van der Waals surface area contributed by atoms with Crippen molar-refractivity contribution >= 4 is 5.91 Å². The van der Waals surface area contributed by atoms with Crippen LogP contribution in [0.3, 0.4) is 0 Å². The summed E-state index contributed by atoms with van der Waals surface area (Å²) in [5, 5.41) is 7.55. The lowest BCUT2D eigenvalue weighted by atomic mass is 9.79. The highest BCUT2D eigenvalue weighted by Crippen LogP contribution is 2.31. The van der Waals surface area contributed by atoms with Gasteiger partial charge in [0.05, 0.1) is 0 Å². The molecule has 1 N–H and O–H groups in total. The fourth-order valence-corrected chi connectivity index (χ4v) is 4.77. The average molecular weight is 397 g/mol. The lowest BCUT2D eigenvalue weighted by Crippen LogP contribution is -2.41. The minimum atomic E-state index is 0.271. The first-order valence-electron chi connectivity index (χ1n) is 11.1. The highest BCUT2D eigenvalue weighted by Gasteiger charge is 2.29. The van der Waals surface area contributed by atoms with Crippen LogP contribution < -0.4 is 5.32 Å². The zero-order chi connectivity index (χ0) is 20.1. The second-order valence-electron chi connectivity index (χ2n) is 8.49. The van der Waals surface area contributed by atoms with Gasteiger partial charge >= 0.3 is 0 Å². The molecule has 0 spiro atoms. The van der Waals surface area contributed by atoms with Gasteiger partial charge in [0.2, 0.25) is 17.6 Å². The van der Waals surface area contributed by atoms with Crippen LogP contribution in [-0.4, -0.2) is 47.1 Å². The zero-order valence-electron chi connectivity index (χ0n) is 17.4. The Labute approximate surface area is 173 Å². The predicted molar refractivity (Wildman–Crippen MR) is 112 cm³/mol. The van der Waals surface area contributed by atoms with Crippen LogP contribution in [-0.2, 0) is 11.2 Å². The van der Waals surface area contributed by atoms with Crippen molar-refractivity contribution in [3.8, 4) is 11.4 Å². The fourth-order valence-electron chi connectivity index (χ4n) is 4.77. The number of amides is 1. The molecule has 3 heterocycles. The first-order chi connectivity index (χ1) is 14.2. The van der Waals surface area contributed by atoms with Crippen LogP contribution in [0.25, 0.3) is 11.4 Å². The summed E-state index contributed by atoms with van der Waals surface area (Å²) >= 11 is 0. The molecule has 0 radical (unpaired) electrons. The van der Waals surface area contributed by atoms with E-state index in [-0.39, 0.29) is 5.91 Å². The second-order valence-corrected chi connectivity index (χ2v) is 8.49. The standard InChI is InChI=1S/C23H32N4O2/c1-17-5-2-3-6-20(17)23-25-21(29-26-23)7-4-8-22(28)27-15-11-19(12-16-27)18-9-13-24-14-10-18/h2-3,5-6,18-19,24H,4,7-16H2,1H3. The molecule has 2 aromatic rings. The molecular formula is C23H32N4O2. The number of nitrogens with zero attached hydrogens (tertiary/aromatic N) is 3. The van der Waals surface area contributed by atoms with E-state index >= 15 is 0 Å². The highest BCUT2D eigenvalue weighted by molar-refractivity contribution is 5.76. The molecule has 2 fully saturated rings. The van der Waals surface area contributed by atoms with E-state index in [9.17, 15) is 4.79 Å². The molecule has 2 aliphatic heterocycles. The van der Waals surface area contributed by atoms with Gasteiger partial charge < -0.3 is 14.7 Å². The third-order valence-electron chi connectivity index (χ3n) is 6.58. The van der Waals surface area contributed by atoms with Gasteiger partial charge in [-0.3, -0.25) is 4.79 Å². The molecule has 4 rings (SSSR count). The number of likely N-dealkylation sites (tertiary alicyclic amines) is 1. The maximum absolute atomic E-state index is 12.6. The Balaban J connectivity index is 1.20. The first-order valence-corrected chi connectivity index (χ1v) is 11.1. The SMILES string of the molecule is Cc1ccccc1-c1noc(CCCC(=O)N2CCC(C3CCNCC3)CC2)n1. The molecule has 0 saturated carbocycles. The van der Waals surface area contributed by atoms with Crippen LogP contribution in [0.1, 0.15) is 50.0 Å². The van der Waals surface area contributed by atoms with Crippen LogP contribution in [0, 0.1) is 18.8 Å². The topological polar surface area (TPSA) is 71.3 Å². The van der Waals surface area contributed by atoms with E-state index in [4.69, 9.17) is 4.52 Å². The van der Waals surface area contributed by atoms with Gasteiger partial charge in [-0.15, -0.1) is 0 Å². The monoisotopic (exact) mass is 396 g/mol. The van der Waals surface area contributed by atoms with Gasteiger partial charge in [0.25, 0.3) is 0 Å². The van der Waals surface area contributed by atoms with E-state index < -0.39 is 0 Å². The predicted octanol–water partition coefficient (Wildman–Crippen LogP) is 3.61. The number of piperidine rings is 2. The Morgan fingerprint density at radius 3 is 2.62 bits per heavy atom. The van der Waals surface area contributed by atoms with Crippen molar-refractivity contribution in [1.29, 1.82) is 0 Å². The van der Waals surface area contributed by atoms with Crippen molar-refractivity contribution in [2.75, 3.05) is 26.2 Å². The second kappa shape index (κ2) is 9.53. The molecule has 2 aliphatic rings. The van der Waals surface area contributed by atoms with Gasteiger partial charge in [-0.05, 0) is 69.5 Å². The molecule has 0 aliphatic carbocycles. The zero-order valence-corrected chi connectivity index (χ0v) is 17.4. The maximum atomic E-state index is 12.6.